The summed E-state index contributed by atoms with van der Waals surface area (Å²) in [5.41, 5.74) is 0.353. The predicted molar refractivity (Wildman–Crippen MR) is 60.1 cm³/mol. The van der Waals surface area contributed by atoms with Gasteiger partial charge < -0.3 is 9.64 Å². The largest absolute Gasteiger partial charge is 0.496 e. The molecular weight excluding hydrogens is 233 g/mol. The Balaban J connectivity index is 2.91. The van der Waals surface area contributed by atoms with Crippen molar-refractivity contribution >= 4 is 17.5 Å². The summed E-state index contributed by atoms with van der Waals surface area (Å²) in [6.45, 7) is 0.140. The molecule has 0 N–H and O–H groups in total. The second kappa shape index (κ2) is 5.70. The van der Waals surface area contributed by atoms with Gasteiger partial charge in [0.2, 0.25) is 5.91 Å². The van der Waals surface area contributed by atoms with E-state index in [0.717, 1.165) is 0 Å². The second-order valence-electron chi connectivity index (χ2n) is 3.30. The molecule has 1 amide bonds. The van der Waals surface area contributed by atoms with E-state index in [0.29, 0.717) is 11.3 Å². The van der Waals surface area contributed by atoms with Crippen molar-refractivity contribution in [2.24, 2.45) is 0 Å². The zero-order chi connectivity index (χ0) is 12.1. The average molecular weight is 246 g/mol. The molecule has 1 aromatic rings. The zero-order valence-electron chi connectivity index (χ0n) is 9.17. The Kier molecular flexibility index (Phi) is 4.55. The lowest BCUT2D eigenvalue weighted by atomic mass is 10.1. The standard InChI is InChI=1S/C11H13ClFNO2/c1-14(11(15)6-12)7-8-9(13)4-3-5-10(8)16-2/h3-5H,6-7H2,1-2H3. The Morgan fingerprint density at radius 2 is 2.25 bits per heavy atom. The van der Waals surface area contributed by atoms with Gasteiger partial charge in [-0.2, -0.15) is 0 Å². The molecule has 0 aliphatic carbocycles. The molecule has 0 aliphatic rings. The third kappa shape index (κ3) is 2.85. The fourth-order valence-corrected chi connectivity index (χ4v) is 1.51. The highest BCUT2D eigenvalue weighted by molar-refractivity contribution is 6.27. The van der Waals surface area contributed by atoms with Gasteiger partial charge in [0.1, 0.15) is 17.4 Å². The van der Waals surface area contributed by atoms with Crippen LogP contribution in [0, 0.1) is 5.82 Å². The first-order valence-corrected chi connectivity index (χ1v) is 5.25. The molecule has 0 saturated heterocycles. The molecule has 3 nitrogen and oxygen atoms in total. The van der Waals surface area contributed by atoms with Crippen LogP contribution in [-0.2, 0) is 11.3 Å². The fraction of sp³-hybridized carbons (Fsp3) is 0.364. The van der Waals surface area contributed by atoms with Gasteiger partial charge in [-0.25, -0.2) is 4.39 Å². The Morgan fingerprint density at radius 3 is 2.81 bits per heavy atom. The number of nitrogens with zero attached hydrogens (tertiary/aromatic N) is 1. The van der Waals surface area contributed by atoms with E-state index in [4.69, 9.17) is 16.3 Å². The lowest BCUT2D eigenvalue weighted by Crippen LogP contribution is -2.27. The minimum atomic E-state index is -0.395. The molecule has 0 heterocycles. The monoisotopic (exact) mass is 245 g/mol. The van der Waals surface area contributed by atoms with Crippen LogP contribution in [0.4, 0.5) is 4.39 Å². The normalized spacial score (nSPS) is 10.0. The number of halogens is 2. The molecule has 0 unspecified atom stereocenters. The van der Waals surface area contributed by atoms with E-state index in [-0.39, 0.29) is 18.3 Å². The molecule has 88 valence electrons. The third-order valence-corrected chi connectivity index (χ3v) is 2.46. The second-order valence-corrected chi connectivity index (χ2v) is 3.57. The molecule has 5 heteroatoms. The minimum Gasteiger partial charge on any atom is -0.496 e. The Bertz CT molecular complexity index is 384. The number of rotatable bonds is 4. The first kappa shape index (κ1) is 12.8. The van der Waals surface area contributed by atoms with E-state index < -0.39 is 5.82 Å². The van der Waals surface area contributed by atoms with E-state index in [2.05, 4.69) is 0 Å². The smallest absolute Gasteiger partial charge is 0.237 e. The quantitative estimate of drug-likeness (QED) is 0.760. The van der Waals surface area contributed by atoms with E-state index in [1.54, 1.807) is 19.2 Å². The fourth-order valence-electron chi connectivity index (χ4n) is 1.31. The van der Waals surface area contributed by atoms with Crippen molar-refractivity contribution in [3.8, 4) is 5.75 Å². The van der Waals surface area contributed by atoms with E-state index >= 15 is 0 Å². The average Bonchev–Trinajstić information content (AvgIpc) is 2.30. The highest BCUT2D eigenvalue weighted by Crippen LogP contribution is 2.22. The molecule has 16 heavy (non-hydrogen) atoms. The number of amides is 1. The number of hydrogen-bond acceptors (Lipinski definition) is 2. The van der Waals surface area contributed by atoms with Gasteiger partial charge in [0.05, 0.1) is 13.7 Å². The van der Waals surface area contributed by atoms with Crippen LogP contribution in [0.1, 0.15) is 5.56 Å². The van der Waals surface area contributed by atoms with Crippen LogP contribution in [0.15, 0.2) is 18.2 Å². The van der Waals surface area contributed by atoms with Crippen LogP contribution in [0.5, 0.6) is 5.75 Å². The van der Waals surface area contributed by atoms with Crippen molar-refractivity contribution in [3.05, 3.63) is 29.6 Å². The molecule has 0 atom stereocenters. The molecule has 0 aromatic heterocycles. The van der Waals surface area contributed by atoms with Gasteiger partial charge >= 0.3 is 0 Å². The maximum atomic E-state index is 13.5. The summed E-state index contributed by atoms with van der Waals surface area (Å²) in [5.74, 6) is -0.345. The summed E-state index contributed by atoms with van der Waals surface area (Å²) < 4.78 is 18.5. The van der Waals surface area contributed by atoms with Gasteiger partial charge in [-0.3, -0.25) is 4.79 Å². The first-order valence-electron chi connectivity index (χ1n) is 4.71. The number of carbonyl (C=O) groups excluding carboxylic acids is 1. The molecule has 0 fully saturated rings. The summed E-state index contributed by atoms with van der Waals surface area (Å²) in [4.78, 5) is 12.6. The number of hydrogen-bond donors (Lipinski definition) is 0. The number of methoxy groups -OCH3 is 1. The SMILES string of the molecule is COc1cccc(F)c1CN(C)C(=O)CCl. The molecule has 1 rings (SSSR count). The summed E-state index contributed by atoms with van der Waals surface area (Å²) in [7, 11) is 3.03. The van der Waals surface area contributed by atoms with Crippen LogP contribution >= 0.6 is 11.6 Å². The van der Waals surface area contributed by atoms with E-state index in [1.165, 1.54) is 18.1 Å². The van der Waals surface area contributed by atoms with Crippen molar-refractivity contribution < 1.29 is 13.9 Å². The lowest BCUT2D eigenvalue weighted by Gasteiger charge is -2.18. The third-order valence-electron chi connectivity index (χ3n) is 2.23. The first-order chi connectivity index (χ1) is 7.60. The van der Waals surface area contributed by atoms with Crippen molar-refractivity contribution in [2.45, 2.75) is 6.54 Å². The zero-order valence-corrected chi connectivity index (χ0v) is 9.92. The minimum absolute atomic E-state index is 0.118. The maximum Gasteiger partial charge on any atom is 0.237 e. The summed E-state index contributed by atoms with van der Waals surface area (Å²) in [6, 6.07) is 4.54. The van der Waals surface area contributed by atoms with E-state index in [1.807, 2.05) is 0 Å². The van der Waals surface area contributed by atoms with Gasteiger partial charge in [0.15, 0.2) is 0 Å². The summed E-state index contributed by atoms with van der Waals surface area (Å²) >= 11 is 5.41. The van der Waals surface area contributed by atoms with Gasteiger partial charge in [-0.15, -0.1) is 11.6 Å². The molecule has 0 radical (unpaired) electrons. The van der Waals surface area contributed by atoms with Crippen LogP contribution in [-0.4, -0.2) is 30.8 Å². The highest BCUT2D eigenvalue weighted by Gasteiger charge is 2.14. The number of benzene rings is 1. The number of alkyl halides is 1. The van der Waals surface area contributed by atoms with Crippen molar-refractivity contribution in [2.75, 3.05) is 20.0 Å². The molecular formula is C11H13ClFNO2. The van der Waals surface area contributed by atoms with Gasteiger partial charge in [0.25, 0.3) is 0 Å². The molecule has 0 spiro atoms. The molecule has 0 aliphatic heterocycles. The molecule has 1 aromatic carbocycles. The van der Waals surface area contributed by atoms with Crippen LogP contribution < -0.4 is 4.74 Å². The lowest BCUT2D eigenvalue weighted by molar-refractivity contribution is -0.127. The van der Waals surface area contributed by atoms with Crippen molar-refractivity contribution in [1.29, 1.82) is 0 Å². The van der Waals surface area contributed by atoms with Crippen LogP contribution in [0.25, 0.3) is 0 Å². The molecule has 0 saturated carbocycles. The number of carbonyl (C=O) groups is 1. The Labute approximate surface area is 98.8 Å². The van der Waals surface area contributed by atoms with Gasteiger partial charge in [-0.05, 0) is 12.1 Å². The van der Waals surface area contributed by atoms with Crippen molar-refractivity contribution in [3.63, 3.8) is 0 Å². The summed E-state index contributed by atoms with van der Waals surface area (Å²) in [6.07, 6.45) is 0. The predicted octanol–water partition coefficient (Wildman–Crippen LogP) is 2.03. The van der Waals surface area contributed by atoms with Crippen molar-refractivity contribution in [1.82, 2.24) is 4.90 Å². The molecule has 0 bridgehead atoms. The maximum absolute atomic E-state index is 13.5. The van der Waals surface area contributed by atoms with E-state index in [9.17, 15) is 9.18 Å². The van der Waals surface area contributed by atoms with Gasteiger partial charge in [-0.1, -0.05) is 6.07 Å². The Morgan fingerprint density at radius 1 is 1.56 bits per heavy atom. The Hall–Kier alpha value is -1.29. The number of ether oxygens (including phenoxy) is 1. The van der Waals surface area contributed by atoms with Crippen LogP contribution in [0.3, 0.4) is 0 Å². The van der Waals surface area contributed by atoms with Crippen LogP contribution in [0.2, 0.25) is 0 Å². The highest BCUT2D eigenvalue weighted by atomic mass is 35.5. The summed E-state index contributed by atoms with van der Waals surface area (Å²) in [5, 5.41) is 0. The van der Waals surface area contributed by atoms with Gasteiger partial charge in [0, 0.05) is 12.6 Å². The topological polar surface area (TPSA) is 29.5 Å².